The van der Waals surface area contributed by atoms with E-state index >= 15 is 0 Å². The summed E-state index contributed by atoms with van der Waals surface area (Å²) in [6, 6.07) is -0.243. The molecule has 2 saturated heterocycles. The fourth-order valence-corrected chi connectivity index (χ4v) is 2.66. The molecule has 0 aromatic heterocycles. The molecule has 0 aromatic rings. The quantitative estimate of drug-likeness (QED) is 0.658. The lowest BCUT2D eigenvalue weighted by Gasteiger charge is -2.42. The van der Waals surface area contributed by atoms with Gasteiger partial charge in [0.05, 0.1) is 25.4 Å². The molecule has 2 aliphatic rings. The van der Waals surface area contributed by atoms with Crippen LogP contribution in [0.25, 0.3) is 0 Å². The molecule has 1 amide bonds. The van der Waals surface area contributed by atoms with Crippen LogP contribution in [0.3, 0.4) is 0 Å². The zero-order chi connectivity index (χ0) is 13.9. The van der Waals surface area contributed by atoms with Gasteiger partial charge in [0.2, 0.25) is 5.91 Å². The number of carbonyl (C=O) groups excluding carboxylic acids is 1. The van der Waals surface area contributed by atoms with E-state index in [2.05, 4.69) is 29.4 Å². The van der Waals surface area contributed by atoms with Gasteiger partial charge in [0.25, 0.3) is 0 Å². The summed E-state index contributed by atoms with van der Waals surface area (Å²) in [5.74, 6) is -0.0115. The Morgan fingerprint density at radius 2 is 2.19 bits per heavy atom. The smallest absolute Gasteiger partial charge is 0.237 e. The number of morpholine rings is 1. The van der Waals surface area contributed by atoms with Crippen molar-refractivity contribution in [3.63, 3.8) is 0 Å². The number of rotatable bonds is 4. The van der Waals surface area contributed by atoms with E-state index in [0.29, 0.717) is 19.5 Å². The third-order valence-corrected chi connectivity index (χ3v) is 3.92. The van der Waals surface area contributed by atoms with Crippen LogP contribution in [-0.4, -0.2) is 73.0 Å². The van der Waals surface area contributed by atoms with Gasteiger partial charge in [-0.2, -0.15) is 0 Å². The number of aliphatic hydroxyl groups excluding tert-OH is 1. The molecule has 0 bridgehead atoms. The van der Waals surface area contributed by atoms with Crippen LogP contribution < -0.4 is 10.6 Å². The van der Waals surface area contributed by atoms with Gasteiger partial charge in [0, 0.05) is 31.7 Å². The molecule has 2 atom stereocenters. The average Bonchev–Trinajstić information content (AvgIpc) is 2.78. The third kappa shape index (κ3) is 5.88. The average molecular weight is 344 g/mol. The topological polar surface area (TPSA) is 73.8 Å². The molecule has 0 radical (unpaired) electrons. The van der Waals surface area contributed by atoms with Crippen molar-refractivity contribution in [2.24, 2.45) is 0 Å². The van der Waals surface area contributed by atoms with Crippen molar-refractivity contribution < 1.29 is 14.6 Å². The summed E-state index contributed by atoms with van der Waals surface area (Å²) in [5.41, 5.74) is 0.0325. The van der Waals surface area contributed by atoms with Crippen molar-refractivity contribution in [2.45, 2.75) is 38.0 Å². The van der Waals surface area contributed by atoms with Crippen LogP contribution in [0.15, 0.2) is 0 Å². The first-order chi connectivity index (χ1) is 8.99. The van der Waals surface area contributed by atoms with Crippen molar-refractivity contribution >= 4 is 30.7 Å². The van der Waals surface area contributed by atoms with Crippen LogP contribution in [0.2, 0.25) is 0 Å². The second-order valence-corrected chi connectivity index (χ2v) is 5.99. The highest BCUT2D eigenvalue weighted by Crippen LogP contribution is 2.17. The molecular weight excluding hydrogens is 317 g/mol. The Balaban J connectivity index is 0.00000200. The molecule has 2 aliphatic heterocycles. The van der Waals surface area contributed by atoms with Gasteiger partial charge in [0.1, 0.15) is 0 Å². The molecule has 2 heterocycles. The summed E-state index contributed by atoms with van der Waals surface area (Å²) in [7, 11) is 0. The molecule has 2 fully saturated rings. The Morgan fingerprint density at radius 3 is 2.76 bits per heavy atom. The van der Waals surface area contributed by atoms with Crippen molar-refractivity contribution in [3.8, 4) is 0 Å². The molecule has 8 heteroatoms. The second kappa shape index (κ2) is 9.12. The lowest BCUT2D eigenvalue weighted by atomic mass is 10.0. The monoisotopic (exact) mass is 343 g/mol. The summed E-state index contributed by atoms with van der Waals surface area (Å²) >= 11 is 0. The lowest BCUT2D eigenvalue weighted by molar-refractivity contribution is -0.123. The van der Waals surface area contributed by atoms with Gasteiger partial charge >= 0.3 is 0 Å². The predicted molar refractivity (Wildman–Crippen MR) is 86.4 cm³/mol. The first-order valence-electron chi connectivity index (χ1n) is 7.01. The summed E-state index contributed by atoms with van der Waals surface area (Å²) in [5, 5.41) is 15.3. The highest BCUT2D eigenvalue weighted by Gasteiger charge is 2.31. The van der Waals surface area contributed by atoms with Gasteiger partial charge in [0.15, 0.2) is 0 Å². The number of hydrogen-bond acceptors (Lipinski definition) is 5. The number of carbonyl (C=O) groups is 1. The van der Waals surface area contributed by atoms with Gasteiger partial charge in [-0.25, -0.2) is 0 Å². The fourth-order valence-electron chi connectivity index (χ4n) is 2.66. The summed E-state index contributed by atoms with van der Waals surface area (Å²) in [6.07, 6.45) is 0.114. The maximum absolute atomic E-state index is 11.9. The third-order valence-electron chi connectivity index (χ3n) is 3.92. The van der Waals surface area contributed by atoms with E-state index in [9.17, 15) is 9.90 Å². The fraction of sp³-hybridized carbons (Fsp3) is 0.923. The van der Waals surface area contributed by atoms with Crippen molar-refractivity contribution in [2.75, 3.05) is 39.4 Å². The van der Waals surface area contributed by atoms with Crippen LogP contribution in [0.5, 0.6) is 0 Å². The number of nitrogens with zero attached hydrogens (tertiary/aromatic N) is 1. The number of amides is 1. The standard InChI is InChI=1S/C13H25N3O3.2ClH/c1-13(2)9-19-6-5-16(13)4-3-14-12(18)11-7-10(17)8-15-11;;/h10-11,15,17H,3-9H2,1-2H3,(H,14,18);2*1H. The minimum Gasteiger partial charge on any atom is -0.392 e. The second-order valence-electron chi connectivity index (χ2n) is 5.99. The van der Waals surface area contributed by atoms with Crippen molar-refractivity contribution in [1.29, 1.82) is 0 Å². The lowest BCUT2D eigenvalue weighted by Crippen LogP contribution is -2.55. The van der Waals surface area contributed by atoms with Crippen molar-refractivity contribution in [1.82, 2.24) is 15.5 Å². The number of aliphatic hydroxyl groups is 1. The van der Waals surface area contributed by atoms with Crippen molar-refractivity contribution in [3.05, 3.63) is 0 Å². The minimum absolute atomic E-state index is 0. The number of hydrogen-bond donors (Lipinski definition) is 3. The predicted octanol–water partition coefficient (Wildman–Crippen LogP) is -0.220. The summed E-state index contributed by atoms with van der Waals surface area (Å²) in [6.45, 7) is 8.68. The zero-order valence-electron chi connectivity index (χ0n) is 12.6. The maximum atomic E-state index is 11.9. The van der Waals surface area contributed by atoms with Gasteiger partial charge in [-0.3, -0.25) is 9.69 Å². The first kappa shape index (κ1) is 20.9. The molecule has 6 nitrogen and oxygen atoms in total. The molecule has 0 saturated carbocycles. The number of ether oxygens (including phenoxy) is 1. The molecule has 2 unspecified atom stereocenters. The van der Waals surface area contributed by atoms with Crippen LogP contribution in [-0.2, 0) is 9.53 Å². The Labute approximate surface area is 138 Å². The maximum Gasteiger partial charge on any atom is 0.237 e. The molecular formula is C13H27Cl2N3O3. The molecule has 0 spiro atoms. The van der Waals surface area contributed by atoms with Crippen LogP contribution in [0.1, 0.15) is 20.3 Å². The van der Waals surface area contributed by atoms with E-state index < -0.39 is 6.10 Å². The molecule has 21 heavy (non-hydrogen) atoms. The summed E-state index contributed by atoms with van der Waals surface area (Å²) in [4.78, 5) is 14.2. The van der Waals surface area contributed by atoms with Gasteiger partial charge in [-0.05, 0) is 20.3 Å². The highest BCUT2D eigenvalue weighted by atomic mass is 35.5. The van der Waals surface area contributed by atoms with E-state index in [0.717, 1.165) is 26.3 Å². The molecule has 0 aliphatic carbocycles. The van der Waals surface area contributed by atoms with Gasteiger partial charge < -0.3 is 20.5 Å². The molecule has 126 valence electrons. The van der Waals surface area contributed by atoms with Gasteiger partial charge in [-0.1, -0.05) is 0 Å². The highest BCUT2D eigenvalue weighted by molar-refractivity contribution is 5.85. The number of β-amino-alcohol motifs (C(OH)–C–C–N with tert-alkyl or cyclic N) is 1. The Hall–Kier alpha value is -0.110. The molecule has 2 rings (SSSR count). The Bertz CT molecular complexity index is 332. The molecule has 0 aromatic carbocycles. The Morgan fingerprint density at radius 1 is 1.48 bits per heavy atom. The van der Waals surface area contributed by atoms with Crippen LogP contribution in [0.4, 0.5) is 0 Å². The number of nitrogens with one attached hydrogen (secondary N) is 2. The van der Waals surface area contributed by atoms with E-state index in [1.54, 1.807) is 0 Å². The largest absolute Gasteiger partial charge is 0.392 e. The Kier molecular flexibility index (Phi) is 9.08. The normalized spacial score (nSPS) is 28.3. The van der Waals surface area contributed by atoms with E-state index in [1.807, 2.05) is 0 Å². The number of halogens is 2. The van der Waals surface area contributed by atoms with Crippen LogP contribution >= 0.6 is 24.8 Å². The zero-order valence-corrected chi connectivity index (χ0v) is 14.3. The summed E-state index contributed by atoms with van der Waals surface area (Å²) < 4.78 is 5.47. The molecule has 3 N–H and O–H groups in total. The minimum atomic E-state index is -0.395. The van der Waals surface area contributed by atoms with E-state index in [1.165, 1.54) is 0 Å². The van der Waals surface area contributed by atoms with Gasteiger partial charge in [-0.15, -0.1) is 24.8 Å². The van der Waals surface area contributed by atoms with E-state index in [-0.39, 0.29) is 42.3 Å². The van der Waals surface area contributed by atoms with E-state index in [4.69, 9.17) is 4.74 Å². The van der Waals surface area contributed by atoms with Crippen LogP contribution in [0, 0.1) is 0 Å². The SMILES string of the molecule is CC1(C)COCCN1CCNC(=O)C1CC(O)CN1.Cl.Cl. The first-order valence-corrected chi connectivity index (χ1v) is 7.01.